The molecule has 1 heterocycles. The monoisotopic (exact) mass is 292 g/mol. The molecular weight excluding hydrogens is 272 g/mol. The molecule has 1 aliphatic heterocycles. The van der Waals surface area contributed by atoms with Gasteiger partial charge in [0.05, 0.1) is 13.0 Å². The number of anilines is 1. The summed E-state index contributed by atoms with van der Waals surface area (Å²) in [5, 5.41) is 9.13. The van der Waals surface area contributed by atoms with Crippen molar-refractivity contribution in [3.05, 3.63) is 24.3 Å². The molecule has 6 nitrogen and oxygen atoms in total. The maximum absolute atomic E-state index is 12.5. The molecule has 6 heteroatoms. The summed E-state index contributed by atoms with van der Waals surface area (Å²) >= 11 is 0. The topological polar surface area (TPSA) is 70.1 Å². The Morgan fingerprint density at radius 3 is 2.43 bits per heavy atom. The van der Waals surface area contributed by atoms with E-state index in [1.54, 1.807) is 50.2 Å². The zero-order valence-corrected chi connectivity index (χ0v) is 12.4. The number of methoxy groups -OCH3 is 1. The van der Waals surface area contributed by atoms with Crippen molar-refractivity contribution in [2.45, 2.75) is 19.4 Å². The van der Waals surface area contributed by atoms with Crippen LogP contribution in [0.25, 0.3) is 0 Å². The highest BCUT2D eigenvalue weighted by atomic mass is 16.5. The van der Waals surface area contributed by atoms with E-state index >= 15 is 0 Å². The predicted molar refractivity (Wildman–Crippen MR) is 78.7 cm³/mol. The minimum atomic E-state index is -0.843. The smallest absolute Gasteiger partial charge is 0.324 e. The Morgan fingerprint density at radius 2 is 1.95 bits per heavy atom. The molecule has 2 atom stereocenters. The molecule has 1 aliphatic rings. The number of likely N-dealkylation sites (tertiary alicyclic amines) is 1. The summed E-state index contributed by atoms with van der Waals surface area (Å²) < 4.78 is 5.09. The lowest BCUT2D eigenvalue weighted by Gasteiger charge is -2.28. The molecule has 2 rings (SSSR count). The van der Waals surface area contributed by atoms with E-state index in [0.717, 1.165) is 11.4 Å². The molecule has 0 spiro atoms. The van der Waals surface area contributed by atoms with Crippen LogP contribution in [-0.4, -0.2) is 48.8 Å². The molecule has 1 N–H and O–H groups in total. The van der Waals surface area contributed by atoms with Crippen molar-refractivity contribution in [1.82, 2.24) is 4.90 Å². The molecule has 1 aromatic carbocycles. The molecular formula is C15H20N2O4. The summed E-state index contributed by atoms with van der Waals surface area (Å²) in [6, 6.07) is 6.68. The highest BCUT2D eigenvalue weighted by molar-refractivity contribution is 5.92. The third-order valence-electron chi connectivity index (χ3n) is 4.06. The Hall–Kier alpha value is -2.24. The van der Waals surface area contributed by atoms with Gasteiger partial charge in [0.2, 0.25) is 0 Å². The van der Waals surface area contributed by atoms with E-state index in [4.69, 9.17) is 9.84 Å². The Bertz CT molecular complexity index is 529. The van der Waals surface area contributed by atoms with Crippen LogP contribution in [-0.2, 0) is 4.79 Å². The molecule has 1 saturated heterocycles. The molecule has 0 radical (unpaired) electrons. The van der Waals surface area contributed by atoms with Crippen molar-refractivity contribution in [2.24, 2.45) is 5.92 Å². The largest absolute Gasteiger partial charge is 0.497 e. The first-order chi connectivity index (χ1) is 9.95. The molecule has 21 heavy (non-hydrogen) atoms. The fraction of sp³-hybridized carbons (Fsp3) is 0.467. The minimum Gasteiger partial charge on any atom is -0.497 e. The Balaban J connectivity index is 2.10. The second-order valence-corrected chi connectivity index (χ2v) is 5.21. The van der Waals surface area contributed by atoms with Gasteiger partial charge in [-0.2, -0.15) is 0 Å². The molecule has 2 amide bonds. The zero-order valence-electron chi connectivity index (χ0n) is 12.4. The molecule has 1 fully saturated rings. The van der Waals surface area contributed by atoms with E-state index in [0.29, 0.717) is 13.0 Å². The van der Waals surface area contributed by atoms with Crippen LogP contribution >= 0.6 is 0 Å². The van der Waals surface area contributed by atoms with Crippen LogP contribution in [0.5, 0.6) is 5.75 Å². The second-order valence-electron chi connectivity index (χ2n) is 5.21. The van der Waals surface area contributed by atoms with Crippen molar-refractivity contribution >= 4 is 17.7 Å². The SMILES string of the molecule is COc1ccc(N(C)C(=O)N2CCC(C(=O)O)C2C)cc1. The van der Waals surface area contributed by atoms with Gasteiger partial charge in [0, 0.05) is 25.3 Å². The Morgan fingerprint density at radius 1 is 1.33 bits per heavy atom. The van der Waals surface area contributed by atoms with Gasteiger partial charge in [-0.25, -0.2) is 4.79 Å². The standard InChI is InChI=1S/C15H20N2O4/c1-10-13(14(18)19)8-9-17(10)15(20)16(2)11-4-6-12(21-3)7-5-11/h4-7,10,13H,8-9H2,1-3H3,(H,18,19). The van der Waals surface area contributed by atoms with E-state index < -0.39 is 11.9 Å². The van der Waals surface area contributed by atoms with Gasteiger partial charge in [0.25, 0.3) is 0 Å². The van der Waals surface area contributed by atoms with Crippen LogP contribution in [0.15, 0.2) is 24.3 Å². The summed E-state index contributed by atoms with van der Waals surface area (Å²) in [6.45, 7) is 2.25. The molecule has 2 unspecified atom stereocenters. The van der Waals surface area contributed by atoms with E-state index in [9.17, 15) is 9.59 Å². The van der Waals surface area contributed by atoms with Gasteiger partial charge >= 0.3 is 12.0 Å². The molecule has 0 aromatic heterocycles. The number of nitrogens with zero attached hydrogens (tertiary/aromatic N) is 2. The van der Waals surface area contributed by atoms with Gasteiger partial charge in [0.15, 0.2) is 0 Å². The van der Waals surface area contributed by atoms with Crippen molar-refractivity contribution in [2.75, 3.05) is 25.6 Å². The maximum atomic E-state index is 12.5. The Labute approximate surface area is 123 Å². The van der Waals surface area contributed by atoms with Gasteiger partial charge in [-0.15, -0.1) is 0 Å². The number of rotatable bonds is 3. The fourth-order valence-electron chi connectivity index (χ4n) is 2.65. The average Bonchev–Trinajstić information content (AvgIpc) is 2.87. The number of urea groups is 1. The summed E-state index contributed by atoms with van der Waals surface area (Å²) in [7, 11) is 3.27. The molecule has 1 aromatic rings. The number of benzene rings is 1. The number of aliphatic carboxylic acids is 1. The van der Waals surface area contributed by atoms with Crippen LogP contribution in [0, 0.1) is 5.92 Å². The summed E-state index contributed by atoms with van der Waals surface area (Å²) in [5.74, 6) is -0.608. The number of carbonyl (C=O) groups excluding carboxylic acids is 1. The first kappa shape index (κ1) is 15.2. The average molecular weight is 292 g/mol. The van der Waals surface area contributed by atoms with Gasteiger partial charge in [-0.05, 0) is 37.6 Å². The van der Waals surface area contributed by atoms with Crippen LogP contribution < -0.4 is 9.64 Å². The summed E-state index contributed by atoms with van der Waals surface area (Å²) in [6.07, 6.45) is 0.499. The Kier molecular flexibility index (Phi) is 4.35. The lowest BCUT2D eigenvalue weighted by atomic mass is 10.0. The fourth-order valence-corrected chi connectivity index (χ4v) is 2.65. The highest BCUT2D eigenvalue weighted by Crippen LogP contribution is 2.27. The maximum Gasteiger partial charge on any atom is 0.324 e. The van der Waals surface area contributed by atoms with Crippen LogP contribution in [0.3, 0.4) is 0 Å². The van der Waals surface area contributed by atoms with Crippen molar-refractivity contribution < 1.29 is 19.4 Å². The zero-order chi connectivity index (χ0) is 15.6. The number of amides is 2. The lowest BCUT2D eigenvalue weighted by molar-refractivity contribution is -0.142. The summed E-state index contributed by atoms with van der Waals surface area (Å²) in [4.78, 5) is 26.8. The number of carboxylic acid groups (broad SMARTS) is 1. The number of hydrogen-bond acceptors (Lipinski definition) is 3. The highest BCUT2D eigenvalue weighted by Gasteiger charge is 2.39. The van der Waals surface area contributed by atoms with Crippen LogP contribution in [0.1, 0.15) is 13.3 Å². The second kappa shape index (κ2) is 6.03. The third-order valence-corrected chi connectivity index (χ3v) is 4.06. The van der Waals surface area contributed by atoms with Gasteiger partial charge in [-0.1, -0.05) is 0 Å². The number of carboxylic acids is 1. The molecule has 0 bridgehead atoms. The lowest BCUT2D eigenvalue weighted by Crippen LogP contribution is -2.44. The van der Waals surface area contributed by atoms with Crippen LogP contribution in [0.4, 0.5) is 10.5 Å². The van der Waals surface area contributed by atoms with E-state index in [1.165, 1.54) is 4.90 Å². The third kappa shape index (κ3) is 2.94. The van der Waals surface area contributed by atoms with Crippen molar-refractivity contribution in [3.63, 3.8) is 0 Å². The van der Waals surface area contributed by atoms with Crippen molar-refractivity contribution in [1.29, 1.82) is 0 Å². The summed E-state index contributed by atoms with van der Waals surface area (Å²) in [5.41, 5.74) is 0.742. The van der Waals surface area contributed by atoms with Gasteiger partial charge < -0.3 is 14.7 Å². The first-order valence-electron chi connectivity index (χ1n) is 6.87. The molecule has 114 valence electrons. The first-order valence-corrected chi connectivity index (χ1v) is 6.87. The minimum absolute atomic E-state index is 0.184. The quantitative estimate of drug-likeness (QED) is 0.925. The normalized spacial score (nSPS) is 21.2. The molecule has 0 saturated carbocycles. The van der Waals surface area contributed by atoms with E-state index in [-0.39, 0.29) is 12.1 Å². The predicted octanol–water partition coefficient (Wildman–Crippen LogP) is 2.05. The number of carbonyl (C=O) groups is 2. The number of hydrogen-bond donors (Lipinski definition) is 1. The number of ether oxygens (including phenoxy) is 1. The van der Waals surface area contributed by atoms with Crippen molar-refractivity contribution in [3.8, 4) is 5.75 Å². The van der Waals surface area contributed by atoms with Crippen LogP contribution in [0.2, 0.25) is 0 Å². The van der Waals surface area contributed by atoms with E-state index in [1.807, 2.05) is 0 Å². The van der Waals surface area contributed by atoms with Gasteiger partial charge in [0.1, 0.15) is 5.75 Å². The molecule has 0 aliphatic carbocycles. The van der Waals surface area contributed by atoms with E-state index in [2.05, 4.69) is 0 Å². The van der Waals surface area contributed by atoms with Gasteiger partial charge in [-0.3, -0.25) is 9.69 Å².